The van der Waals surface area contributed by atoms with Crippen LogP contribution in [0, 0.1) is 27.7 Å². The van der Waals surface area contributed by atoms with Gasteiger partial charge in [-0.25, -0.2) is 8.78 Å². The van der Waals surface area contributed by atoms with Gasteiger partial charge in [0.1, 0.15) is 0 Å². The van der Waals surface area contributed by atoms with Crippen molar-refractivity contribution in [2.45, 2.75) is 25.8 Å². The number of halogens is 2. The summed E-state index contributed by atoms with van der Waals surface area (Å²) in [5.41, 5.74) is 5.17. The Hall–Kier alpha value is -1.76. The second-order valence-electron chi connectivity index (χ2n) is 5.19. The van der Waals surface area contributed by atoms with Gasteiger partial charge in [-0.05, 0) is 31.7 Å². The molecule has 0 saturated carbocycles. The molecule has 1 aromatic carbocycles. The molecule has 0 aromatic heterocycles. The van der Waals surface area contributed by atoms with E-state index in [0.29, 0.717) is 13.1 Å². The second kappa shape index (κ2) is 5.70. The molecule has 0 bridgehead atoms. The Kier molecular flexibility index (Phi) is 4.17. The summed E-state index contributed by atoms with van der Waals surface area (Å²) in [5.74, 6) is -2.12. The zero-order chi connectivity index (χ0) is 14.9. The molecule has 5 nitrogen and oxygen atoms in total. The molecular weight excluding hydrogens is 268 g/mol. The molecule has 1 heterocycles. The summed E-state index contributed by atoms with van der Waals surface area (Å²) in [4.78, 5) is 11.9. The third-order valence-electron chi connectivity index (χ3n) is 3.76. The van der Waals surface area contributed by atoms with Crippen molar-refractivity contribution < 1.29 is 13.7 Å². The molecule has 20 heavy (non-hydrogen) atoms. The molecule has 1 aliphatic heterocycles. The number of hydrogen-bond donors (Lipinski definition) is 1. The van der Waals surface area contributed by atoms with Crippen LogP contribution in [0.1, 0.15) is 19.8 Å². The molecule has 0 aliphatic carbocycles. The molecule has 0 spiro atoms. The van der Waals surface area contributed by atoms with Crippen molar-refractivity contribution in [1.82, 2.24) is 0 Å². The van der Waals surface area contributed by atoms with E-state index >= 15 is 0 Å². The number of piperidine rings is 1. The van der Waals surface area contributed by atoms with Crippen LogP contribution in [0.5, 0.6) is 0 Å². The van der Waals surface area contributed by atoms with E-state index in [1.165, 1.54) is 4.90 Å². The first-order valence-corrected chi connectivity index (χ1v) is 6.54. The topological polar surface area (TPSA) is 72.4 Å². The van der Waals surface area contributed by atoms with Crippen LogP contribution in [0.2, 0.25) is 0 Å². The van der Waals surface area contributed by atoms with Crippen molar-refractivity contribution >= 4 is 11.4 Å². The summed E-state index contributed by atoms with van der Waals surface area (Å²) in [6.45, 7) is 2.72. The van der Waals surface area contributed by atoms with Crippen molar-refractivity contribution in [1.29, 1.82) is 0 Å². The maximum atomic E-state index is 14.0. The molecule has 1 saturated heterocycles. The van der Waals surface area contributed by atoms with Crippen LogP contribution in [0.3, 0.4) is 0 Å². The Morgan fingerprint density at radius 1 is 1.50 bits per heavy atom. The first-order chi connectivity index (χ1) is 9.41. The summed E-state index contributed by atoms with van der Waals surface area (Å²) in [6.07, 6.45) is 1.64. The van der Waals surface area contributed by atoms with Crippen LogP contribution < -0.4 is 10.6 Å². The number of rotatable bonds is 3. The summed E-state index contributed by atoms with van der Waals surface area (Å²) in [6, 6.07) is 1.70. The number of nitrogens with zero attached hydrogens (tertiary/aromatic N) is 2. The van der Waals surface area contributed by atoms with E-state index in [-0.39, 0.29) is 17.6 Å². The molecule has 2 rings (SSSR count). The lowest BCUT2D eigenvalue weighted by Gasteiger charge is -2.35. The Morgan fingerprint density at radius 3 is 2.80 bits per heavy atom. The van der Waals surface area contributed by atoms with Gasteiger partial charge in [0.25, 0.3) is 5.69 Å². The van der Waals surface area contributed by atoms with Gasteiger partial charge < -0.3 is 10.6 Å². The molecule has 2 atom stereocenters. The van der Waals surface area contributed by atoms with Crippen LogP contribution in [0.4, 0.5) is 20.2 Å². The van der Waals surface area contributed by atoms with Crippen molar-refractivity contribution in [2.75, 3.05) is 18.0 Å². The fourth-order valence-electron chi connectivity index (χ4n) is 2.62. The highest BCUT2D eigenvalue weighted by Gasteiger charge is 2.31. The molecule has 7 heteroatoms. The smallest absolute Gasteiger partial charge is 0.295 e. The summed E-state index contributed by atoms with van der Waals surface area (Å²) < 4.78 is 27.4. The summed E-state index contributed by atoms with van der Waals surface area (Å²) >= 11 is 0. The van der Waals surface area contributed by atoms with E-state index in [0.717, 1.165) is 25.0 Å². The molecule has 1 aliphatic rings. The van der Waals surface area contributed by atoms with Crippen LogP contribution in [-0.4, -0.2) is 24.1 Å². The third kappa shape index (κ3) is 2.72. The highest BCUT2D eigenvalue weighted by Crippen LogP contribution is 2.35. The fraction of sp³-hybridized carbons (Fsp3) is 0.538. The normalized spacial score (nSPS) is 20.8. The first-order valence-electron chi connectivity index (χ1n) is 6.54. The van der Waals surface area contributed by atoms with E-state index in [9.17, 15) is 18.9 Å². The molecule has 2 N–H and O–H groups in total. The number of nitrogens with two attached hydrogens (primary N) is 1. The standard InChI is InChI=1S/C13H17F2N3O2/c1-8(16)9-3-2-6-17(7-9)13-11(18(19)20)5-4-10(14)12(13)15/h4-5,8-9H,2-3,6-7,16H2,1H3. The summed E-state index contributed by atoms with van der Waals surface area (Å²) in [5, 5.41) is 11.0. The molecule has 0 amide bonds. The zero-order valence-corrected chi connectivity index (χ0v) is 11.2. The van der Waals surface area contributed by atoms with E-state index in [1.54, 1.807) is 0 Å². The van der Waals surface area contributed by atoms with Crippen molar-refractivity contribution in [3.63, 3.8) is 0 Å². The van der Waals surface area contributed by atoms with Gasteiger partial charge in [0, 0.05) is 25.2 Å². The SMILES string of the molecule is CC(N)C1CCCN(c2c([N+](=O)[O-])ccc(F)c2F)C1. The monoisotopic (exact) mass is 285 g/mol. The highest BCUT2D eigenvalue weighted by atomic mass is 19.2. The van der Waals surface area contributed by atoms with Crippen LogP contribution in [0.15, 0.2) is 12.1 Å². The molecule has 2 unspecified atom stereocenters. The van der Waals surface area contributed by atoms with E-state index < -0.39 is 22.2 Å². The molecule has 1 aromatic rings. The predicted molar refractivity (Wildman–Crippen MR) is 71.6 cm³/mol. The predicted octanol–water partition coefficient (Wildman–Crippen LogP) is 2.44. The van der Waals surface area contributed by atoms with Gasteiger partial charge in [0.15, 0.2) is 17.3 Å². The minimum Gasteiger partial charge on any atom is -0.363 e. The largest absolute Gasteiger partial charge is 0.363 e. The Bertz CT molecular complexity index is 523. The van der Waals surface area contributed by atoms with Gasteiger partial charge in [0.05, 0.1) is 4.92 Å². The highest BCUT2D eigenvalue weighted by molar-refractivity contribution is 5.64. The number of nitro groups is 1. The van der Waals surface area contributed by atoms with Crippen molar-refractivity contribution in [2.24, 2.45) is 11.7 Å². The Labute approximate surface area is 115 Å². The maximum Gasteiger partial charge on any atom is 0.295 e. The maximum absolute atomic E-state index is 14.0. The second-order valence-corrected chi connectivity index (χ2v) is 5.19. The van der Waals surface area contributed by atoms with Crippen molar-refractivity contribution in [3.8, 4) is 0 Å². The number of benzene rings is 1. The van der Waals surface area contributed by atoms with Crippen LogP contribution in [0.25, 0.3) is 0 Å². The van der Waals surface area contributed by atoms with Gasteiger partial charge in [-0.1, -0.05) is 0 Å². The Morgan fingerprint density at radius 2 is 2.20 bits per heavy atom. The number of nitro benzene ring substituents is 1. The van der Waals surface area contributed by atoms with Gasteiger partial charge in [-0.3, -0.25) is 10.1 Å². The van der Waals surface area contributed by atoms with E-state index in [2.05, 4.69) is 0 Å². The minimum atomic E-state index is -1.16. The van der Waals surface area contributed by atoms with Crippen molar-refractivity contribution in [3.05, 3.63) is 33.9 Å². The van der Waals surface area contributed by atoms with Crippen LogP contribution >= 0.6 is 0 Å². The lowest BCUT2D eigenvalue weighted by Crippen LogP contribution is -2.43. The quantitative estimate of drug-likeness (QED) is 0.684. The lowest BCUT2D eigenvalue weighted by atomic mass is 9.91. The van der Waals surface area contributed by atoms with Gasteiger partial charge >= 0.3 is 0 Å². The average molecular weight is 285 g/mol. The molecule has 1 fully saturated rings. The van der Waals surface area contributed by atoms with E-state index in [1.807, 2.05) is 6.92 Å². The van der Waals surface area contributed by atoms with Gasteiger partial charge in [-0.15, -0.1) is 0 Å². The molecule has 110 valence electrons. The van der Waals surface area contributed by atoms with E-state index in [4.69, 9.17) is 5.73 Å². The molecule has 0 radical (unpaired) electrons. The summed E-state index contributed by atoms with van der Waals surface area (Å²) in [7, 11) is 0. The minimum absolute atomic E-state index is 0.0894. The first kappa shape index (κ1) is 14.6. The lowest BCUT2D eigenvalue weighted by molar-refractivity contribution is -0.384. The zero-order valence-electron chi connectivity index (χ0n) is 11.2. The number of hydrogen-bond acceptors (Lipinski definition) is 4. The van der Waals surface area contributed by atoms with Gasteiger partial charge in [0.2, 0.25) is 0 Å². The third-order valence-corrected chi connectivity index (χ3v) is 3.76. The van der Waals surface area contributed by atoms with Gasteiger partial charge in [-0.2, -0.15) is 0 Å². The fourth-order valence-corrected chi connectivity index (χ4v) is 2.62. The Balaban J connectivity index is 2.40. The van der Waals surface area contributed by atoms with Crippen LogP contribution in [-0.2, 0) is 0 Å². The molecular formula is C13H17F2N3O2. The number of anilines is 1. The average Bonchev–Trinajstić information content (AvgIpc) is 2.41.